The van der Waals surface area contributed by atoms with Crippen LogP contribution in [0.1, 0.15) is 51.5 Å². The van der Waals surface area contributed by atoms with E-state index in [1.807, 2.05) is 78.9 Å². The van der Waals surface area contributed by atoms with Gasteiger partial charge in [0.15, 0.2) is 5.69 Å². The predicted octanol–water partition coefficient (Wildman–Crippen LogP) is 6.46. The summed E-state index contributed by atoms with van der Waals surface area (Å²) in [5, 5.41) is 11.4. The van der Waals surface area contributed by atoms with Crippen LogP contribution in [0.3, 0.4) is 0 Å². The summed E-state index contributed by atoms with van der Waals surface area (Å²) in [5.41, 5.74) is 6.96. The zero-order chi connectivity index (χ0) is 23.6. The first-order valence-electron chi connectivity index (χ1n) is 11.3. The van der Waals surface area contributed by atoms with Crippen LogP contribution in [0, 0.1) is 37.5 Å². The Hall–Kier alpha value is -3.12. The van der Waals surface area contributed by atoms with Gasteiger partial charge in [0.1, 0.15) is 18.2 Å². The highest BCUT2D eigenvalue weighted by atomic mass is 16.3. The Balaban J connectivity index is 2.13. The minimum atomic E-state index is -1.51. The van der Waals surface area contributed by atoms with Crippen molar-refractivity contribution in [3.05, 3.63) is 64.3 Å². The maximum Gasteiger partial charge on any atom is 0.216 e. The first-order chi connectivity index (χ1) is 14.9. The van der Waals surface area contributed by atoms with E-state index in [9.17, 15) is 5.26 Å². The van der Waals surface area contributed by atoms with Gasteiger partial charge in [-0.05, 0) is 48.4 Å². The van der Waals surface area contributed by atoms with Gasteiger partial charge in [-0.25, -0.2) is 0 Å². The van der Waals surface area contributed by atoms with Crippen molar-refractivity contribution in [3.63, 3.8) is 0 Å². The maximum absolute atomic E-state index is 9.69. The van der Waals surface area contributed by atoms with Gasteiger partial charge < -0.3 is 4.42 Å². The molecule has 4 rings (SSSR count). The normalized spacial score (nSPS) is 13.4. The molecule has 3 heteroatoms. The van der Waals surface area contributed by atoms with E-state index in [-0.39, 0.29) is 0 Å². The summed E-state index contributed by atoms with van der Waals surface area (Å²) in [6, 6.07) is 14.0. The monoisotopic (exact) mass is 399 g/mol. The Bertz CT molecular complexity index is 1430. The van der Waals surface area contributed by atoms with E-state index >= 15 is 0 Å². The van der Waals surface area contributed by atoms with E-state index in [1.54, 1.807) is 0 Å². The van der Waals surface area contributed by atoms with Gasteiger partial charge in [-0.3, -0.25) is 0 Å². The first kappa shape index (κ1) is 17.7. The molecule has 0 aliphatic heterocycles. The predicted molar refractivity (Wildman–Crippen MR) is 122 cm³/mol. The molecular weight excluding hydrogens is 368 g/mol. The summed E-state index contributed by atoms with van der Waals surface area (Å²) in [4.78, 5) is 0. The molecule has 2 aromatic heterocycles. The number of hydrogen-bond donors (Lipinski definition) is 0. The van der Waals surface area contributed by atoms with Gasteiger partial charge in [-0.1, -0.05) is 39.0 Å². The van der Waals surface area contributed by atoms with Crippen molar-refractivity contribution >= 4 is 21.9 Å². The molecule has 0 fully saturated rings. The first-order valence-corrected chi connectivity index (χ1v) is 10.3. The molecule has 0 aliphatic carbocycles. The second kappa shape index (κ2) is 6.99. The van der Waals surface area contributed by atoms with Gasteiger partial charge in [-0.15, -0.1) is 0 Å². The molecule has 2 heterocycles. The molecule has 0 bridgehead atoms. The van der Waals surface area contributed by atoms with Gasteiger partial charge in [-0.2, -0.15) is 9.83 Å². The molecule has 0 atom stereocenters. The molecule has 0 amide bonds. The maximum atomic E-state index is 9.69. The quantitative estimate of drug-likeness (QED) is 0.363. The van der Waals surface area contributed by atoms with E-state index in [2.05, 4.69) is 16.7 Å². The summed E-state index contributed by atoms with van der Waals surface area (Å²) in [6.07, 6.45) is -1.51. The Labute approximate surface area is 181 Å². The SMILES string of the molecule is [2H]C([2H])(c1cc(C)[n+](C)c(-c2c(C)ccc3c2oc2c(C)ccc(C#N)c23)c1)C(C)(C)C. The zero-order valence-electron chi connectivity index (χ0n) is 20.8. The molecule has 0 saturated carbocycles. The number of benzene rings is 2. The standard InChI is InChI=1S/C27H29N2O/c1-16-9-11-21-24-20(15-28)10-8-17(2)25(24)30-26(21)23(16)22-13-19(14-27(4,5)6)12-18(3)29(22)7/h8-13H,14H2,1-7H3/q+1/i14D2. The number of aryl methyl sites for hydroxylation is 3. The molecule has 2 aromatic carbocycles. The molecule has 0 spiro atoms. The fourth-order valence-electron chi connectivity index (χ4n) is 4.13. The van der Waals surface area contributed by atoms with Crippen LogP contribution in [-0.4, -0.2) is 0 Å². The van der Waals surface area contributed by atoms with Crippen molar-refractivity contribution in [2.45, 2.75) is 47.9 Å². The van der Waals surface area contributed by atoms with Crippen LogP contribution in [0.15, 0.2) is 40.8 Å². The number of nitriles is 1. The number of furan rings is 1. The van der Waals surface area contributed by atoms with Crippen molar-refractivity contribution in [2.75, 3.05) is 0 Å². The lowest BCUT2D eigenvalue weighted by Crippen LogP contribution is -2.35. The highest BCUT2D eigenvalue weighted by Crippen LogP contribution is 2.39. The fourth-order valence-corrected chi connectivity index (χ4v) is 4.13. The largest absolute Gasteiger partial charge is 0.455 e. The molecule has 0 saturated heterocycles. The molecule has 0 radical (unpaired) electrons. The van der Waals surface area contributed by atoms with Crippen LogP contribution in [0.4, 0.5) is 0 Å². The number of hydrogen-bond acceptors (Lipinski definition) is 2. The summed E-state index contributed by atoms with van der Waals surface area (Å²) >= 11 is 0. The van der Waals surface area contributed by atoms with Crippen molar-refractivity contribution in [2.24, 2.45) is 12.5 Å². The second-order valence-corrected chi connectivity index (χ2v) is 9.19. The lowest BCUT2D eigenvalue weighted by Gasteiger charge is -2.18. The molecular formula is C27H29N2O+. The number of pyridine rings is 1. The number of rotatable bonds is 2. The molecule has 30 heavy (non-hydrogen) atoms. The summed E-state index contributed by atoms with van der Waals surface area (Å²) in [6.45, 7) is 11.8. The Kier molecular flexibility index (Phi) is 4.13. The minimum absolute atomic E-state index is 0.560. The third-order valence-corrected chi connectivity index (χ3v) is 5.64. The van der Waals surface area contributed by atoms with Crippen molar-refractivity contribution in [1.29, 1.82) is 5.26 Å². The van der Waals surface area contributed by atoms with Gasteiger partial charge in [0.25, 0.3) is 0 Å². The fraction of sp³-hybridized carbons (Fsp3) is 0.333. The molecule has 0 aliphatic rings. The van der Waals surface area contributed by atoms with E-state index in [1.165, 1.54) is 0 Å². The Morgan fingerprint density at radius 2 is 1.73 bits per heavy atom. The van der Waals surface area contributed by atoms with Gasteiger partial charge in [0, 0.05) is 32.6 Å². The lowest BCUT2D eigenvalue weighted by molar-refractivity contribution is -0.666. The van der Waals surface area contributed by atoms with Crippen molar-refractivity contribution in [3.8, 4) is 17.3 Å². The van der Waals surface area contributed by atoms with Crippen LogP contribution in [0.25, 0.3) is 33.2 Å². The van der Waals surface area contributed by atoms with E-state index in [0.29, 0.717) is 11.1 Å². The molecule has 0 N–H and O–H groups in total. The highest BCUT2D eigenvalue weighted by molar-refractivity contribution is 6.12. The number of fused-ring (bicyclic) bond motifs is 3. The van der Waals surface area contributed by atoms with Gasteiger partial charge >= 0.3 is 0 Å². The smallest absolute Gasteiger partial charge is 0.216 e. The second-order valence-electron chi connectivity index (χ2n) is 9.19. The Morgan fingerprint density at radius 1 is 1.03 bits per heavy atom. The number of aromatic nitrogens is 1. The van der Waals surface area contributed by atoms with Crippen molar-refractivity contribution in [1.82, 2.24) is 0 Å². The van der Waals surface area contributed by atoms with Crippen molar-refractivity contribution < 1.29 is 11.7 Å². The molecule has 152 valence electrons. The molecule has 0 unspecified atom stereocenters. The lowest BCUT2D eigenvalue weighted by atomic mass is 9.87. The number of nitrogens with zero attached hydrogens (tertiary/aromatic N) is 2. The van der Waals surface area contributed by atoms with Gasteiger partial charge in [0.05, 0.1) is 17.2 Å². The zero-order valence-corrected chi connectivity index (χ0v) is 18.8. The molecule has 4 aromatic rings. The van der Waals surface area contributed by atoms with E-state index in [0.717, 1.165) is 50.0 Å². The van der Waals surface area contributed by atoms with Crippen LogP contribution in [0.5, 0.6) is 0 Å². The van der Waals surface area contributed by atoms with Gasteiger partial charge in [0.2, 0.25) is 5.69 Å². The summed E-state index contributed by atoms with van der Waals surface area (Å²) < 4.78 is 26.2. The minimum Gasteiger partial charge on any atom is -0.455 e. The van der Waals surface area contributed by atoms with Crippen LogP contribution >= 0.6 is 0 Å². The third kappa shape index (κ3) is 3.27. The van der Waals surface area contributed by atoms with Crippen LogP contribution < -0.4 is 4.57 Å². The molecule has 3 nitrogen and oxygen atoms in total. The Morgan fingerprint density at radius 3 is 2.40 bits per heavy atom. The van der Waals surface area contributed by atoms with Crippen LogP contribution in [0.2, 0.25) is 0 Å². The van der Waals surface area contributed by atoms with E-state index in [4.69, 9.17) is 7.16 Å². The average molecular weight is 400 g/mol. The third-order valence-electron chi connectivity index (χ3n) is 5.64. The van der Waals surface area contributed by atoms with Crippen LogP contribution in [-0.2, 0) is 13.4 Å². The average Bonchev–Trinajstić information content (AvgIpc) is 3.10. The van der Waals surface area contributed by atoms with E-state index < -0.39 is 11.8 Å². The highest BCUT2D eigenvalue weighted by Gasteiger charge is 2.25. The summed E-state index contributed by atoms with van der Waals surface area (Å²) in [5.74, 6) is 0. The topological polar surface area (TPSA) is 40.8 Å². The summed E-state index contributed by atoms with van der Waals surface area (Å²) in [7, 11) is 1.99.